The van der Waals surface area contributed by atoms with Crippen LogP contribution in [0.2, 0.25) is 0 Å². The Hall–Kier alpha value is -1.42. The van der Waals surface area contributed by atoms with E-state index in [-0.39, 0.29) is 17.8 Å². The van der Waals surface area contributed by atoms with E-state index >= 15 is 0 Å². The number of carbonyl (C=O) groups excluding carboxylic acids is 1. The summed E-state index contributed by atoms with van der Waals surface area (Å²) in [4.78, 5) is 10.6. The first-order valence-electron chi connectivity index (χ1n) is 5.72. The van der Waals surface area contributed by atoms with Gasteiger partial charge in [-0.3, -0.25) is 4.79 Å². The van der Waals surface area contributed by atoms with Crippen molar-refractivity contribution < 1.29 is 9.18 Å². The van der Waals surface area contributed by atoms with Gasteiger partial charge in [-0.2, -0.15) is 0 Å². The summed E-state index contributed by atoms with van der Waals surface area (Å²) in [5, 5.41) is 0. The number of halogens is 1. The molecule has 1 atom stereocenters. The molecule has 0 fully saturated rings. The van der Waals surface area contributed by atoms with Gasteiger partial charge < -0.3 is 11.5 Å². The van der Waals surface area contributed by atoms with E-state index in [1.54, 1.807) is 0 Å². The standard InChI is InChI=1S/C13H19FN2O/c1-8-6-10(14)7-9(2)13(8)11(15)4-3-5-12(16)17/h6-7,11H,3-5,15H2,1-2H3,(H2,16,17). The molecular formula is C13H19FN2O. The van der Waals surface area contributed by atoms with Crippen LogP contribution in [0.3, 0.4) is 0 Å². The van der Waals surface area contributed by atoms with Crippen LogP contribution in [-0.2, 0) is 4.79 Å². The van der Waals surface area contributed by atoms with Gasteiger partial charge in [0.05, 0.1) is 0 Å². The molecule has 1 aromatic rings. The van der Waals surface area contributed by atoms with E-state index in [2.05, 4.69) is 0 Å². The first kappa shape index (κ1) is 13.6. The van der Waals surface area contributed by atoms with Crippen molar-refractivity contribution in [1.29, 1.82) is 0 Å². The number of hydrogen-bond donors (Lipinski definition) is 2. The first-order valence-corrected chi connectivity index (χ1v) is 5.72. The minimum Gasteiger partial charge on any atom is -0.370 e. The molecule has 94 valence electrons. The average Bonchev–Trinajstić information content (AvgIpc) is 2.14. The Morgan fingerprint density at radius 3 is 2.35 bits per heavy atom. The van der Waals surface area contributed by atoms with E-state index in [9.17, 15) is 9.18 Å². The minimum absolute atomic E-state index is 0.171. The van der Waals surface area contributed by atoms with Crippen LogP contribution < -0.4 is 11.5 Å². The van der Waals surface area contributed by atoms with Gasteiger partial charge in [-0.15, -0.1) is 0 Å². The molecule has 0 bridgehead atoms. The van der Waals surface area contributed by atoms with Crippen molar-refractivity contribution in [1.82, 2.24) is 0 Å². The molecule has 0 aliphatic carbocycles. The second-order valence-electron chi connectivity index (χ2n) is 4.42. The fraction of sp³-hybridized carbons (Fsp3) is 0.462. The predicted molar refractivity (Wildman–Crippen MR) is 65.8 cm³/mol. The molecule has 0 aliphatic rings. The minimum atomic E-state index is -0.315. The van der Waals surface area contributed by atoms with E-state index in [0.717, 1.165) is 16.7 Å². The van der Waals surface area contributed by atoms with Crippen molar-refractivity contribution in [2.24, 2.45) is 11.5 Å². The smallest absolute Gasteiger partial charge is 0.217 e. The summed E-state index contributed by atoms with van der Waals surface area (Å²) < 4.78 is 13.1. The van der Waals surface area contributed by atoms with Crippen molar-refractivity contribution in [3.63, 3.8) is 0 Å². The second-order valence-corrected chi connectivity index (χ2v) is 4.42. The molecule has 1 rings (SSSR count). The normalized spacial score (nSPS) is 12.5. The summed E-state index contributed by atoms with van der Waals surface area (Å²) >= 11 is 0. The molecule has 0 aromatic heterocycles. The molecule has 0 radical (unpaired) electrons. The number of carbonyl (C=O) groups is 1. The fourth-order valence-electron chi connectivity index (χ4n) is 2.15. The Kier molecular flexibility index (Phi) is 4.63. The monoisotopic (exact) mass is 238 g/mol. The van der Waals surface area contributed by atoms with Gasteiger partial charge in [0.2, 0.25) is 5.91 Å². The fourth-order valence-corrected chi connectivity index (χ4v) is 2.15. The maximum Gasteiger partial charge on any atom is 0.217 e. The van der Waals surface area contributed by atoms with Crippen molar-refractivity contribution >= 4 is 5.91 Å². The molecule has 1 amide bonds. The molecule has 0 spiro atoms. The van der Waals surface area contributed by atoms with Gasteiger partial charge >= 0.3 is 0 Å². The molecule has 17 heavy (non-hydrogen) atoms. The van der Waals surface area contributed by atoms with Gasteiger partial charge in [-0.1, -0.05) is 0 Å². The van der Waals surface area contributed by atoms with Crippen LogP contribution in [0, 0.1) is 19.7 Å². The lowest BCUT2D eigenvalue weighted by molar-refractivity contribution is -0.118. The number of amides is 1. The first-order chi connectivity index (χ1) is 7.91. The zero-order valence-corrected chi connectivity index (χ0v) is 10.3. The van der Waals surface area contributed by atoms with Crippen LogP contribution >= 0.6 is 0 Å². The van der Waals surface area contributed by atoms with Gasteiger partial charge in [0, 0.05) is 12.5 Å². The highest BCUT2D eigenvalue weighted by atomic mass is 19.1. The predicted octanol–water partition coefficient (Wildman–Crippen LogP) is 2.10. The van der Waals surface area contributed by atoms with Crippen LogP contribution in [0.1, 0.15) is 42.0 Å². The molecule has 1 aromatic carbocycles. The van der Waals surface area contributed by atoms with Crippen LogP contribution in [-0.4, -0.2) is 5.91 Å². The van der Waals surface area contributed by atoms with E-state index in [4.69, 9.17) is 11.5 Å². The third-order valence-electron chi connectivity index (χ3n) is 2.87. The Morgan fingerprint density at radius 1 is 1.35 bits per heavy atom. The molecule has 1 unspecified atom stereocenters. The molecule has 0 heterocycles. The van der Waals surface area contributed by atoms with E-state index in [1.165, 1.54) is 12.1 Å². The average molecular weight is 238 g/mol. The highest BCUT2D eigenvalue weighted by Crippen LogP contribution is 2.25. The lowest BCUT2D eigenvalue weighted by Gasteiger charge is -2.17. The third-order valence-corrected chi connectivity index (χ3v) is 2.87. The molecule has 0 aliphatic heterocycles. The summed E-state index contributed by atoms with van der Waals surface area (Å²) in [7, 11) is 0. The van der Waals surface area contributed by atoms with Gasteiger partial charge in [0.1, 0.15) is 5.82 Å². The van der Waals surface area contributed by atoms with E-state index in [0.29, 0.717) is 19.3 Å². The summed E-state index contributed by atoms with van der Waals surface area (Å²) in [6, 6.07) is 2.79. The van der Waals surface area contributed by atoms with E-state index in [1.807, 2.05) is 13.8 Å². The number of aryl methyl sites for hydroxylation is 2. The van der Waals surface area contributed by atoms with Gasteiger partial charge in [0.15, 0.2) is 0 Å². The largest absolute Gasteiger partial charge is 0.370 e. The Bertz CT molecular complexity index is 395. The van der Waals surface area contributed by atoms with Crippen LogP contribution in [0.15, 0.2) is 12.1 Å². The van der Waals surface area contributed by atoms with Crippen LogP contribution in [0.5, 0.6) is 0 Å². The molecule has 4 heteroatoms. The second kappa shape index (κ2) is 5.77. The van der Waals surface area contributed by atoms with Crippen molar-refractivity contribution in [3.8, 4) is 0 Å². The zero-order chi connectivity index (χ0) is 13.0. The topological polar surface area (TPSA) is 69.1 Å². The molecule has 3 nitrogen and oxygen atoms in total. The number of nitrogens with two attached hydrogens (primary N) is 2. The van der Waals surface area contributed by atoms with Crippen LogP contribution in [0.4, 0.5) is 4.39 Å². The van der Waals surface area contributed by atoms with Gasteiger partial charge in [-0.25, -0.2) is 4.39 Å². The molecule has 0 saturated heterocycles. The molecule has 4 N–H and O–H groups in total. The van der Waals surface area contributed by atoms with Crippen LogP contribution in [0.25, 0.3) is 0 Å². The maximum absolute atomic E-state index is 13.1. The highest BCUT2D eigenvalue weighted by molar-refractivity contribution is 5.73. The molecular weight excluding hydrogens is 219 g/mol. The van der Waals surface area contributed by atoms with Crippen molar-refractivity contribution in [2.75, 3.05) is 0 Å². The third kappa shape index (κ3) is 3.82. The summed E-state index contributed by atoms with van der Waals surface area (Å²) in [6.07, 6.45) is 1.68. The Morgan fingerprint density at radius 2 is 1.88 bits per heavy atom. The summed E-state index contributed by atoms with van der Waals surface area (Å²) in [6.45, 7) is 3.69. The summed E-state index contributed by atoms with van der Waals surface area (Å²) in [5.41, 5.74) is 13.8. The number of benzene rings is 1. The quantitative estimate of drug-likeness (QED) is 0.824. The van der Waals surface area contributed by atoms with E-state index < -0.39 is 0 Å². The summed E-state index contributed by atoms with van der Waals surface area (Å²) in [5.74, 6) is -0.558. The zero-order valence-electron chi connectivity index (χ0n) is 10.3. The van der Waals surface area contributed by atoms with Crippen molar-refractivity contribution in [2.45, 2.75) is 39.2 Å². The van der Waals surface area contributed by atoms with Crippen molar-refractivity contribution in [3.05, 3.63) is 34.6 Å². The number of rotatable bonds is 5. The lowest BCUT2D eigenvalue weighted by atomic mass is 9.93. The van der Waals surface area contributed by atoms with Gasteiger partial charge in [0.25, 0.3) is 0 Å². The molecule has 0 saturated carbocycles. The number of primary amides is 1. The van der Waals surface area contributed by atoms with Gasteiger partial charge in [-0.05, 0) is 55.5 Å². The Labute approximate surface area is 101 Å². The highest BCUT2D eigenvalue weighted by Gasteiger charge is 2.13. The number of hydrogen-bond acceptors (Lipinski definition) is 2. The SMILES string of the molecule is Cc1cc(F)cc(C)c1C(N)CCCC(N)=O. The Balaban J connectivity index is 2.75. The maximum atomic E-state index is 13.1. The lowest BCUT2D eigenvalue weighted by Crippen LogP contribution is -2.16.